The summed E-state index contributed by atoms with van der Waals surface area (Å²) in [6.45, 7) is 2.46. The number of primary sulfonamides is 1. The number of amides is 1. The quantitative estimate of drug-likeness (QED) is 0.501. The van der Waals surface area contributed by atoms with E-state index in [4.69, 9.17) is 9.88 Å². The zero-order valence-corrected chi connectivity index (χ0v) is 21.5. The topological polar surface area (TPSA) is 119 Å². The molecule has 3 aromatic rings. The maximum absolute atomic E-state index is 13.5. The van der Waals surface area contributed by atoms with Crippen molar-refractivity contribution in [3.05, 3.63) is 59.7 Å². The van der Waals surface area contributed by atoms with Crippen LogP contribution in [0.2, 0.25) is 0 Å². The van der Waals surface area contributed by atoms with Crippen molar-refractivity contribution in [3.8, 4) is 11.4 Å². The summed E-state index contributed by atoms with van der Waals surface area (Å²) in [4.78, 5) is 22.0. The Bertz CT molecular complexity index is 1320. The molecule has 1 saturated heterocycles. The first-order chi connectivity index (χ1) is 17.4. The Labute approximate surface area is 215 Å². The van der Waals surface area contributed by atoms with Gasteiger partial charge in [-0.3, -0.25) is 4.79 Å². The molecule has 190 valence electrons. The van der Waals surface area contributed by atoms with Crippen LogP contribution in [-0.4, -0.2) is 60.9 Å². The number of hydrogen-bond acceptors (Lipinski definition) is 8. The van der Waals surface area contributed by atoms with Crippen molar-refractivity contribution in [1.29, 1.82) is 0 Å². The van der Waals surface area contributed by atoms with Crippen LogP contribution in [0.3, 0.4) is 0 Å². The van der Waals surface area contributed by atoms with E-state index in [1.807, 2.05) is 30.3 Å². The summed E-state index contributed by atoms with van der Waals surface area (Å²) in [6.07, 6.45) is 4.50. The third-order valence-electron chi connectivity index (χ3n) is 6.70. The normalized spacial score (nSPS) is 17.0. The van der Waals surface area contributed by atoms with E-state index in [-0.39, 0.29) is 23.5 Å². The number of carbonyl (C=O) groups excluding carboxylic acids is 1. The summed E-state index contributed by atoms with van der Waals surface area (Å²) in [7, 11) is -3.94. The molecule has 0 spiro atoms. The predicted octanol–water partition coefficient (Wildman–Crippen LogP) is 3.27. The van der Waals surface area contributed by atoms with Gasteiger partial charge in [0.15, 0.2) is 5.82 Å². The lowest BCUT2D eigenvalue weighted by molar-refractivity contribution is 0.0444. The Morgan fingerprint density at radius 2 is 1.78 bits per heavy atom. The lowest BCUT2D eigenvalue weighted by atomic mass is 10.1. The molecule has 9 nitrogen and oxygen atoms in total. The van der Waals surface area contributed by atoms with Crippen LogP contribution in [0.4, 0.5) is 5.13 Å². The van der Waals surface area contributed by atoms with Crippen molar-refractivity contribution in [2.45, 2.75) is 43.3 Å². The van der Waals surface area contributed by atoms with Gasteiger partial charge in [-0.15, -0.1) is 0 Å². The van der Waals surface area contributed by atoms with Crippen molar-refractivity contribution in [3.63, 3.8) is 0 Å². The van der Waals surface area contributed by atoms with E-state index in [9.17, 15) is 13.2 Å². The fourth-order valence-electron chi connectivity index (χ4n) is 4.64. The highest BCUT2D eigenvalue weighted by atomic mass is 32.2. The molecule has 0 radical (unpaired) electrons. The van der Waals surface area contributed by atoms with Gasteiger partial charge in [-0.05, 0) is 30.5 Å². The Balaban J connectivity index is 1.29. The molecule has 5 rings (SSSR count). The lowest BCUT2D eigenvalue weighted by Crippen LogP contribution is -2.49. The number of nitrogens with zero attached hydrogens (tertiary/aromatic N) is 4. The summed E-state index contributed by atoms with van der Waals surface area (Å²) < 4.78 is 34.5. The number of piperazine rings is 1. The van der Waals surface area contributed by atoms with Gasteiger partial charge in [-0.25, -0.2) is 13.6 Å². The first-order valence-corrected chi connectivity index (χ1v) is 14.4. The van der Waals surface area contributed by atoms with Gasteiger partial charge in [0.25, 0.3) is 5.91 Å². The van der Waals surface area contributed by atoms with Crippen molar-refractivity contribution < 1.29 is 17.9 Å². The standard InChI is InChI=1S/C25H29N5O4S2/c26-36(32,33)21-11-10-19(17-34-20-8-4-5-9-20)22(16-21)24(31)29-12-14-30(15-13-29)25-27-23(28-35-25)18-6-2-1-3-7-18/h1-3,6-7,10-11,16,20H,4-5,8-9,12-15,17H2,(H2,26,32,33). The molecule has 1 aromatic heterocycles. The van der Waals surface area contributed by atoms with E-state index in [2.05, 4.69) is 14.3 Å². The van der Waals surface area contributed by atoms with E-state index in [0.717, 1.165) is 36.4 Å². The number of anilines is 1. The number of nitrogens with two attached hydrogens (primary N) is 1. The molecular formula is C25H29N5O4S2. The highest BCUT2D eigenvalue weighted by Gasteiger charge is 2.27. The highest BCUT2D eigenvalue weighted by molar-refractivity contribution is 7.89. The van der Waals surface area contributed by atoms with Crippen LogP contribution < -0.4 is 10.0 Å². The van der Waals surface area contributed by atoms with Crippen LogP contribution in [0.5, 0.6) is 0 Å². The van der Waals surface area contributed by atoms with Crippen molar-refractivity contribution in [2.24, 2.45) is 5.14 Å². The summed E-state index contributed by atoms with van der Waals surface area (Å²) >= 11 is 1.35. The molecular weight excluding hydrogens is 498 g/mol. The van der Waals surface area contributed by atoms with Crippen LogP contribution in [-0.2, 0) is 21.4 Å². The van der Waals surface area contributed by atoms with Gasteiger partial charge in [0.2, 0.25) is 15.2 Å². The molecule has 1 saturated carbocycles. The number of carbonyl (C=O) groups is 1. The van der Waals surface area contributed by atoms with E-state index < -0.39 is 10.0 Å². The summed E-state index contributed by atoms with van der Waals surface area (Å²) in [6, 6.07) is 14.3. The van der Waals surface area contributed by atoms with E-state index >= 15 is 0 Å². The average Bonchev–Trinajstić information content (AvgIpc) is 3.60. The fourth-order valence-corrected chi connectivity index (χ4v) is 5.92. The van der Waals surface area contributed by atoms with Gasteiger partial charge >= 0.3 is 0 Å². The molecule has 2 aromatic carbocycles. The lowest BCUT2D eigenvalue weighted by Gasteiger charge is -2.34. The largest absolute Gasteiger partial charge is 0.374 e. The van der Waals surface area contributed by atoms with Gasteiger partial charge in [0.05, 0.1) is 17.6 Å². The summed E-state index contributed by atoms with van der Waals surface area (Å²) in [5.74, 6) is 0.480. The molecule has 0 atom stereocenters. The second kappa shape index (κ2) is 10.6. The Kier molecular flexibility index (Phi) is 7.33. The molecule has 0 bridgehead atoms. The summed E-state index contributed by atoms with van der Waals surface area (Å²) in [5.41, 5.74) is 1.98. The second-order valence-corrected chi connectivity index (χ2v) is 11.4. The maximum atomic E-state index is 13.5. The molecule has 2 fully saturated rings. The van der Waals surface area contributed by atoms with Gasteiger partial charge < -0.3 is 14.5 Å². The van der Waals surface area contributed by atoms with Crippen LogP contribution in [0, 0.1) is 0 Å². The molecule has 1 aliphatic carbocycles. The first-order valence-electron chi connectivity index (χ1n) is 12.1. The molecule has 11 heteroatoms. The first kappa shape index (κ1) is 24.8. The molecule has 1 aliphatic heterocycles. The van der Waals surface area contributed by atoms with Gasteiger partial charge in [0.1, 0.15) is 0 Å². The number of rotatable bonds is 7. The molecule has 36 heavy (non-hydrogen) atoms. The number of sulfonamides is 1. The minimum absolute atomic E-state index is 0.0728. The molecule has 1 amide bonds. The Hall–Kier alpha value is -2.86. The number of benzene rings is 2. The second-order valence-electron chi connectivity index (χ2n) is 9.13. The zero-order valence-electron chi connectivity index (χ0n) is 19.9. The van der Waals surface area contributed by atoms with E-state index in [1.165, 1.54) is 23.7 Å². The minimum atomic E-state index is -3.94. The van der Waals surface area contributed by atoms with Crippen molar-refractivity contribution in [1.82, 2.24) is 14.3 Å². The van der Waals surface area contributed by atoms with Gasteiger partial charge in [-0.1, -0.05) is 49.2 Å². The van der Waals surface area contributed by atoms with Crippen LogP contribution in [0.1, 0.15) is 41.6 Å². The van der Waals surface area contributed by atoms with E-state index in [0.29, 0.717) is 43.1 Å². The predicted molar refractivity (Wildman–Crippen MR) is 138 cm³/mol. The summed E-state index contributed by atoms with van der Waals surface area (Å²) in [5, 5.41) is 6.17. The third-order valence-corrected chi connectivity index (χ3v) is 8.39. The minimum Gasteiger partial charge on any atom is -0.374 e. The highest BCUT2D eigenvalue weighted by Crippen LogP contribution is 2.27. The SMILES string of the molecule is NS(=O)(=O)c1ccc(COC2CCCC2)c(C(=O)N2CCN(c3nc(-c4ccccc4)ns3)CC2)c1. The van der Waals surface area contributed by atoms with Crippen LogP contribution in [0.25, 0.3) is 11.4 Å². The Morgan fingerprint density at radius 3 is 2.47 bits per heavy atom. The van der Waals surface area contributed by atoms with Gasteiger partial charge in [-0.2, -0.15) is 9.36 Å². The third kappa shape index (κ3) is 5.59. The number of ether oxygens (including phenoxy) is 1. The maximum Gasteiger partial charge on any atom is 0.254 e. The zero-order chi connectivity index (χ0) is 25.1. The van der Waals surface area contributed by atoms with Crippen LogP contribution in [0.15, 0.2) is 53.4 Å². The van der Waals surface area contributed by atoms with Crippen molar-refractivity contribution in [2.75, 3.05) is 31.1 Å². The van der Waals surface area contributed by atoms with Crippen molar-refractivity contribution >= 4 is 32.6 Å². The average molecular weight is 528 g/mol. The van der Waals surface area contributed by atoms with E-state index in [1.54, 1.807) is 11.0 Å². The molecule has 2 heterocycles. The Morgan fingerprint density at radius 1 is 1.06 bits per heavy atom. The van der Waals surface area contributed by atoms with Gasteiger partial charge in [0, 0.05) is 48.8 Å². The smallest absolute Gasteiger partial charge is 0.254 e. The number of hydrogen-bond donors (Lipinski definition) is 1. The molecule has 2 aliphatic rings. The molecule has 2 N–H and O–H groups in total. The monoisotopic (exact) mass is 527 g/mol. The number of aromatic nitrogens is 2. The molecule has 0 unspecified atom stereocenters. The van der Waals surface area contributed by atoms with Crippen LogP contribution >= 0.6 is 11.5 Å². The fraction of sp³-hybridized carbons (Fsp3) is 0.400.